The van der Waals surface area contributed by atoms with Crippen molar-refractivity contribution in [2.24, 2.45) is 0 Å². The molecule has 0 bridgehead atoms. The van der Waals surface area contributed by atoms with E-state index in [1.54, 1.807) is 19.1 Å². The quantitative estimate of drug-likeness (QED) is 0.732. The van der Waals surface area contributed by atoms with Crippen LogP contribution in [-0.4, -0.2) is 28.9 Å². The molecular formula is C13H20ClNO2. The van der Waals surface area contributed by atoms with Crippen LogP contribution < -0.4 is 5.32 Å². The molecule has 2 atom stereocenters. The van der Waals surface area contributed by atoms with Gasteiger partial charge in [0.2, 0.25) is 0 Å². The molecule has 0 amide bonds. The van der Waals surface area contributed by atoms with Crippen LogP contribution in [0.4, 0.5) is 0 Å². The summed E-state index contributed by atoms with van der Waals surface area (Å²) in [6.45, 7) is 4.51. The summed E-state index contributed by atoms with van der Waals surface area (Å²) in [5.74, 6) is 0. The van der Waals surface area contributed by atoms with Crippen LogP contribution in [0.3, 0.4) is 0 Å². The number of aliphatic hydroxyl groups is 2. The number of nitrogens with one attached hydrogen (secondary N) is 1. The fraction of sp³-hybridized carbons (Fsp3) is 0.538. The number of hydrogen-bond donors (Lipinski definition) is 3. The molecular weight excluding hydrogens is 238 g/mol. The van der Waals surface area contributed by atoms with Gasteiger partial charge in [-0.3, -0.25) is 0 Å². The largest absolute Gasteiger partial charge is 0.389 e. The molecule has 0 radical (unpaired) electrons. The molecule has 0 spiro atoms. The lowest BCUT2D eigenvalue weighted by atomic mass is 10.0. The van der Waals surface area contributed by atoms with Crippen LogP contribution in [-0.2, 0) is 0 Å². The van der Waals surface area contributed by atoms with Crippen LogP contribution in [0.15, 0.2) is 24.3 Å². The van der Waals surface area contributed by atoms with Crippen LogP contribution in [0.1, 0.15) is 31.9 Å². The molecule has 0 saturated carbocycles. The van der Waals surface area contributed by atoms with Crippen molar-refractivity contribution in [1.29, 1.82) is 0 Å². The highest BCUT2D eigenvalue weighted by molar-refractivity contribution is 6.31. The second-order valence-electron chi connectivity index (χ2n) is 4.52. The average molecular weight is 258 g/mol. The van der Waals surface area contributed by atoms with Gasteiger partial charge < -0.3 is 15.5 Å². The standard InChI is InChI=1S/C13H20ClNO2/c1-3-13(2,17)9-15-8-12(16)10-6-4-5-7-11(10)14/h4-7,12,15-17H,3,8-9H2,1-2H3. The molecule has 1 aromatic rings. The van der Waals surface area contributed by atoms with Crippen molar-refractivity contribution in [2.45, 2.75) is 32.0 Å². The van der Waals surface area contributed by atoms with Gasteiger partial charge in [-0.15, -0.1) is 0 Å². The number of rotatable bonds is 6. The molecule has 0 aromatic heterocycles. The first kappa shape index (κ1) is 14.5. The summed E-state index contributed by atoms with van der Waals surface area (Å²) in [5, 5.41) is 23.3. The minimum Gasteiger partial charge on any atom is -0.389 e. The van der Waals surface area contributed by atoms with Gasteiger partial charge in [0.15, 0.2) is 0 Å². The average Bonchev–Trinajstić information content (AvgIpc) is 2.29. The lowest BCUT2D eigenvalue weighted by molar-refractivity contribution is 0.0516. The van der Waals surface area contributed by atoms with Crippen LogP contribution in [0, 0.1) is 0 Å². The summed E-state index contributed by atoms with van der Waals surface area (Å²) in [6, 6.07) is 7.22. The van der Waals surface area contributed by atoms with Crippen LogP contribution >= 0.6 is 11.6 Å². The van der Waals surface area contributed by atoms with Gasteiger partial charge in [-0.25, -0.2) is 0 Å². The van der Waals surface area contributed by atoms with Crippen molar-refractivity contribution in [2.75, 3.05) is 13.1 Å². The minimum absolute atomic E-state index is 0.375. The lowest BCUT2D eigenvalue weighted by Gasteiger charge is -2.23. The predicted molar refractivity (Wildman–Crippen MR) is 70.2 cm³/mol. The number of hydrogen-bond acceptors (Lipinski definition) is 3. The Morgan fingerprint density at radius 3 is 2.65 bits per heavy atom. The Hall–Kier alpha value is -0.610. The van der Waals surface area contributed by atoms with E-state index in [-0.39, 0.29) is 0 Å². The highest BCUT2D eigenvalue weighted by Gasteiger charge is 2.18. The van der Waals surface area contributed by atoms with E-state index in [2.05, 4.69) is 5.32 Å². The molecule has 0 aliphatic rings. The lowest BCUT2D eigenvalue weighted by Crippen LogP contribution is -2.38. The van der Waals surface area contributed by atoms with E-state index >= 15 is 0 Å². The second kappa shape index (κ2) is 6.36. The number of aliphatic hydroxyl groups excluding tert-OH is 1. The van der Waals surface area contributed by atoms with E-state index in [9.17, 15) is 10.2 Å². The molecule has 4 heteroatoms. The van der Waals surface area contributed by atoms with Gasteiger partial charge in [0.25, 0.3) is 0 Å². The molecule has 17 heavy (non-hydrogen) atoms. The zero-order chi connectivity index (χ0) is 12.9. The summed E-state index contributed by atoms with van der Waals surface area (Å²) in [5.41, 5.74) is -0.0296. The summed E-state index contributed by atoms with van der Waals surface area (Å²) < 4.78 is 0. The molecule has 96 valence electrons. The summed E-state index contributed by atoms with van der Waals surface area (Å²) in [6.07, 6.45) is 0.0127. The van der Waals surface area contributed by atoms with Gasteiger partial charge in [0, 0.05) is 23.7 Å². The van der Waals surface area contributed by atoms with E-state index in [0.29, 0.717) is 30.1 Å². The molecule has 3 N–H and O–H groups in total. The Bertz CT molecular complexity index is 355. The van der Waals surface area contributed by atoms with Gasteiger partial charge in [-0.2, -0.15) is 0 Å². The topological polar surface area (TPSA) is 52.5 Å². The minimum atomic E-state index is -0.736. The fourth-order valence-corrected chi connectivity index (χ4v) is 1.72. The second-order valence-corrected chi connectivity index (χ2v) is 4.93. The summed E-state index contributed by atoms with van der Waals surface area (Å²) >= 11 is 5.98. The maximum Gasteiger partial charge on any atom is 0.0928 e. The highest BCUT2D eigenvalue weighted by atomic mass is 35.5. The van der Waals surface area contributed by atoms with E-state index in [4.69, 9.17) is 11.6 Å². The van der Waals surface area contributed by atoms with Gasteiger partial charge in [0.1, 0.15) is 0 Å². The van der Waals surface area contributed by atoms with E-state index in [1.165, 1.54) is 0 Å². The first-order valence-corrected chi connectivity index (χ1v) is 6.19. The van der Waals surface area contributed by atoms with Crippen molar-refractivity contribution < 1.29 is 10.2 Å². The van der Waals surface area contributed by atoms with Crippen molar-refractivity contribution in [3.05, 3.63) is 34.9 Å². The number of benzene rings is 1. The van der Waals surface area contributed by atoms with Crippen LogP contribution in [0.5, 0.6) is 0 Å². The zero-order valence-electron chi connectivity index (χ0n) is 10.3. The normalized spacial score (nSPS) is 16.5. The first-order chi connectivity index (χ1) is 7.96. The van der Waals surface area contributed by atoms with E-state index in [1.807, 2.05) is 19.1 Å². The third kappa shape index (κ3) is 4.64. The smallest absolute Gasteiger partial charge is 0.0928 e. The van der Waals surface area contributed by atoms with Crippen LogP contribution in [0.2, 0.25) is 5.02 Å². The van der Waals surface area contributed by atoms with Crippen molar-refractivity contribution in [3.8, 4) is 0 Å². The maximum atomic E-state index is 9.94. The molecule has 1 rings (SSSR count). The van der Waals surface area contributed by atoms with Crippen molar-refractivity contribution >= 4 is 11.6 Å². The van der Waals surface area contributed by atoms with Gasteiger partial charge in [0.05, 0.1) is 11.7 Å². The molecule has 3 nitrogen and oxygen atoms in total. The molecule has 0 fully saturated rings. The van der Waals surface area contributed by atoms with Crippen molar-refractivity contribution in [3.63, 3.8) is 0 Å². The summed E-state index contributed by atoms with van der Waals surface area (Å²) in [7, 11) is 0. The Morgan fingerprint density at radius 2 is 2.06 bits per heavy atom. The van der Waals surface area contributed by atoms with Crippen LogP contribution in [0.25, 0.3) is 0 Å². The Kier molecular flexibility index (Phi) is 5.40. The maximum absolute atomic E-state index is 9.94. The molecule has 0 heterocycles. The van der Waals surface area contributed by atoms with Crippen molar-refractivity contribution in [1.82, 2.24) is 5.32 Å². The Labute approximate surface area is 107 Å². The van der Waals surface area contributed by atoms with E-state index in [0.717, 1.165) is 0 Å². The molecule has 0 aliphatic heterocycles. The molecule has 2 unspecified atom stereocenters. The highest BCUT2D eigenvalue weighted by Crippen LogP contribution is 2.21. The third-order valence-electron chi connectivity index (χ3n) is 2.87. The summed E-state index contributed by atoms with van der Waals surface area (Å²) in [4.78, 5) is 0. The zero-order valence-corrected chi connectivity index (χ0v) is 11.0. The Balaban J connectivity index is 2.46. The molecule has 0 aliphatic carbocycles. The predicted octanol–water partition coefficient (Wildman–Crippen LogP) is 2.12. The Morgan fingerprint density at radius 1 is 1.41 bits per heavy atom. The van der Waals surface area contributed by atoms with Gasteiger partial charge in [-0.05, 0) is 19.4 Å². The SMILES string of the molecule is CCC(C)(O)CNCC(O)c1ccccc1Cl. The monoisotopic (exact) mass is 257 g/mol. The molecule has 1 aromatic carbocycles. The number of halogens is 1. The molecule has 0 saturated heterocycles. The fourth-order valence-electron chi connectivity index (χ4n) is 1.46. The van der Waals surface area contributed by atoms with Gasteiger partial charge >= 0.3 is 0 Å². The van der Waals surface area contributed by atoms with E-state index < -0.39 is 11.7 Å². The van der Waals surface area contributed by atoms with Gasteiger partial charge in [-0.1, -0.05) is 36.7 Å². The first-order valence-electron chi connectivity index (χ1n) is 5.82. The third-order valence-corrected chi connectivity index (χ3v) is 3.21.